The number of amides is 1. The molecular weight excluding hydrogens is 306 g/mol. The van der Waals surface area contributed by atoms with Gasteiger partial charge in [-0.1, -0.05) is 6.92 Å². The third-order valence-electron chi connectivity index (χ3n) is 5.19. The number of hydrogen-bond acceptors (Lipinski definition) is 3. The van der Waals surface area contributed by atoms with Crippen molar-refractivity contribution in [1.29, 1.82) is 0 Å². The van der Waals surface area contributed by atoms with E-state index in [0.29, 0.717) is 25.3 Å². The summed E-state index contributed by atoms with van der Waals surface area (Å²) in [6.45, 7) is 7.49. The Hall–Kier alpha value is -1.85. The van der Waals surface area contributed by atoms with Crippen molar-refractivity contribution in [2.75, 3.05) is 13.1 Å². The van der Waals surface area contributed by atoms with Crippen LogP contribution in [-0.2, 0) is 23.1 Å². The molecule has 1 aromatic heterocycles. The van der Waals surface area contributed by atoms with E-state index in [1.807, 2.05) is 37.4 Å². The number of rotatable bonds is 6. The molecule has 1 fully saturated rings. The summed E-state index contributed by atoms with van der Waals surface area (Å²) in [5.74, 6) is -0.343. The number of nitrogens with zero attached hydrogens (tertiary/aromatic N) is 3. The molecule has 2 atom stereocenters. The number of aliphatic carboxylic acids is 1. The van der Waals surface area contributed by atoms with Gasteiger partial charge in [-0.3, -0.25) is 14.3 Å². The minimum Gasteiger partial charge on any atom is -0.481 e. The Morgan fingerprint density at radius 3 is 2.67 bits per heavy atom. The van der Waals surface area contributed by atoms with Gasteiger partial charge in [-0.05, 0) is 51.0 Å². The molecule has 1 aliphatic rings. The van der Waals surface area contributed by atoms with Crippen molar-refractivity contribution in [3.05, 3.63) is 17.0 Å². The number of carbonyl (C=O) groups is 2. The highest BCUT2D eigenvalue weighted by Crippen LogP contribution is 2.24. The zero-order chi connectivity index (χ0) is 17.9. The predicted molar refractivity (Wildman–Crippen MR) is 91.7 cm³/mol. The van der Waals surface area contributed by atoms with Crippen LogP contribution in [0.1, 0.15) is 49.6 Å². The molecule has 0 unspecified atom stereocenters. The monoisotopic (exact) mass is 335 g/mol. The molecule has 0 aliphatic carbocycles. The second-order valence-corrected chi connectivity index (χ2v) is 7.10. The quantitative estimate of drug-likeness (QED) is 0.865. The van der Waals surface area contributed by atoms with Gasteiger partial charge in [0, 0.05) is 38.2 Å². The van der Waals surface area contributed by atoms with Crippen LogP contribution in [0.15, 0.2) is 0 Å². The molecule has 1 aliphatic heterocycles. The fraction of sp³-hybridized carbons (Fsp3) is 0.722. The third-order valence-corrected chi connectivity index (χ3v) is 5.19. The molecule has 0 aromatic carbocycles. The van der Waals surface area contributed by atoms with Crippen LogP contribution >= 0.6 is 0 Å². The number of carboxylic acid groups (broad SMARTS) is 1. The maximum Gasteiger partial charge on any atom is 0.303 e. The summed E-state index contributed by atoms with van der Waals surface area (Å²) in [5.41, 5.74) is 3.27. The molecule has 0 spiro atoms. The Kier molecular flexibility index (Phi) is 6.02. The average molecular weight is 335 g/mol. The van der Waals surface area contributed by atoms with Gasteiger partial charge in [-0.2, -0.15) is 5.10 Å². The highest BCUT2D eigenvalue weighted by atomic mass is 16.4. The van der Waals surface area contributed by atoms with E-state index >= 15 is 0 Å². The Bertz CT molecular complexity index is 609. The number of likely N-dealkylation sites (tertiary alicyclic amines) is 1. The van der Waals surface area contributed by atoms with Crippen LogP contribution in [-0.4, -0.2) is 44.8 Å². The second kappa shape index (κ2) is 7.81. The number of carbonyl (C=O) groups excluding carboxylic acids is 1. The van der Waals surface area contributed by atoms with E-state index in [-0.39, 0.29) is 18.2 Å². The van der Waals surface area contributed by atoms with Crippen LogP contribution in [0.3, 0.4) is 0 Å². The first-order valence-corrected chi connectivity index (χ1v) is 8.79. The Morgan fingerprint density at radius 2 is 2.08 bits per heavy atom. The number of piperidine rings is 1. The molecule has 2 heterocycles. The van der Waals surface area contributed by atoms with Gasteiger partial charge in [0.2, 0.25) is 5.91 Å². The van der Waals surface area contributed by atoms with E-state index in [9.17, 15) is 9.59 Å². The molecule has 24 heavy (non-hydrogen) atoms. The Balaban J connectivity index is 1.95. The lowest BCUT2D eigenvalue weighted by atomic mass is 9.91. The van der Waals surface area contributed by atoms with Gasteiger partial charge < -0.3 is 10.0 Å². The van der Waals surface area contributed by atoms with Crippen LogP contribution in [0, 0.1) is 25.7 Å². The summed E-state index contributed by atoms with van der Waals surface area (Å²) in [6, 6.07) is 0. The van der Waals surface area contributed by atoms with Gasteiger partial charge >= 0.3 is 5.97 Å². The zero-order valence-corrected chi connectivity index (χ0v) is 15.2. The Morgan fingerprint density at radius 1 is 1.38 bits per heavy atom. The molecule has 0 radical (unpaired) electrons. The molecule has 6 heteroatoms. The highest BCUT2D eigenvalue weighted by Gasteiger charge is 2.28. The maximum atomic E-state index is 12.8. The SMILES string of the molecule is Cc1nn(C)c(C)c1C[C@H](C)C(=O)N1CCC[C@@H](CCC(=O)O)C1. The maximum absolute atomic E-state index is 12.8. The van der Waals surface area contributed by atoms with Crippen molar-refractivity contribution in [2.45, 2.75) is 52.9 Å². The van der Waals surface area contributed by atoms with E-state index in [0.717, 1.165) is 36.3 Å². The molecule has 0 bridgehead atoms. The largest absolute Gasteiger partial charge is 0.481 e. The molecule has 1 aromatic rings. The van der Waals surface area contributed by atoms with Gasteiger partial charge in [-0.25, -0.2) is 0 Å². The topological polar surface area (TPSA) is 75.4 Å². The third kappa shape index (κ3) is 4.36. The first kappa shape index (κ1) is 18.5. The number of hydrogen-bond donors (Lipinski definition) is 1. The summed E-state index contributed by atoms with van der Waals surface area (Å²) in [4.78, 5) is 25.5. The fourth-order valence-electron chi connectivity index (χ4n) is 3.65. The summed E-state index contributed by atoms with van der Waals surface area (Å²) in [7, 11) is 1.93. The predicted octanol–water partition coefficient (Wildman–Crippen LogP) is 2.32. The second-order valence-electron chi connectivity index (χ2n) is 7.10. The van der Waals surface area contributed by atoms with E-state index in [4.69, 9.17) is 5.11 Å². The van der Waals surface area contributed by atoms with Crippen molar-refractivity contribution in [3.63, 3.8) is 0 Å². The molecule has 1 amide bonds. The van der Waals surface area contributed by atoms with Crippen molar-refractivity contribution in [2.24, 2.45) is 18.9 Å². The van der Waals surface area contributed by atoms with E-state index in [1.54, 1.807) is 0 Å². The van der Waals surface area contributed by atoms with Crippen molar-refractivity contribution >= 4 is 11.9 Å². The van der Waals surface area contributed by atoms with Crippen molar-refractivity contribution in [1.82, 2.24) is 14.7 Å². The molecule has 1 saturated heterocycles. The normalized spacial score (nSPS) is 19.3. The van der Waals surface area contributed by atoms with Gasteiger partial charge in [0.1, 0.15) is 0 Å². The molecule has 0 saturated carbocycles. The van der Waals surface area contributed by atoms with E-state index < -0.39 is 5.97 Å². The lowest BCUT2D eigenvalue weighted by Gasteiger charge is -2.34. The first-order chi connectivity index (χ1) is 11.3. The first-order valence-electron chi connectivity index (χ1n) is 8.79. The lowest BCUT2D eigenvalue weighted by molar-refractivity contribution is -0.137. The minimum atomic E-state index is -0.755. The molecule has 6 nitrogen and oxygen atoms in total. The van der Waals surface area contributed by atoms with E-state index in [1.165, 1.54) is 0 Å². The smallest absolute Gasteiger partial charge is 0.303 e. The minimum absolute atomic E-state index is 0.0789. The van der Waals surface area contributed by atoms with Crippen LogP contribution in [0.5, 0.6) is 0 Å². The van der Waals surface area contributed by atoms with Crippen LogP contribution < -0.4 is 0 Å². The fourth-order valence-corrected chi connectivity index (χ4v) is 3.65. The Labute approximate surface area is 143 Å². The molecule has 1 N–H and O–H groups in total. The summed E-state index contributed by atoms with van der Waals surface area (Å²) >= 11 is 0. The average Bonchev–Trinajstić information content (AvgIpc) is 2.78. The van der Waals surface area contributed by atoms with Crippen LogP contribution in [0.25, 0.3) is 0 Å². The standard InChI is InChI=1S/C18H29N3O3/c1-12(10-16-13(2)19-20(4)14(16)3)18(24)21-9-5-6-15(11-21)7-8-17(22)23/h12,15H,5-11H2,1-4H3,(H,22,23)/t12-,15-/m0/s1. The van der Waals surface area contributed by atoms with Crippen molar-refractivity contribution in [3.8, 4) is 0 Å². The molecule has 134 valence electrons. The van der Waals surface area contributed by atoms with E-state index in [2.05, 4.69) is 5.10 Å². The zero-order valence-electron chi connectivity index (χ0n) is 15.2. The van der Waals surface area contributed by atoms with Crippen LogP contribution in [0.4, 0.5) is 0 Å². The van der Waals surface area contributed by atoms with Gasteiger partial charge in [-0.15, -0.1) is 0 Å². The highest BCUT2D eigenvalue weighted by molar-refractivity contribution is 5.79. The number of aryl methyl sites for hydroxylation is 2. The number of carboxylic acids is 1. The van der Waals surface area contributed by atoms with Gasteiger partial charge in [0.15, 0.2) is 0 Å². The molecular formula is C18H29N3O3. The van der Waals surface area contributed by atoms with Gasteiger partial charge in [0.05, 0.1) is 5.69 Å². The lowest BCUT2D eigenvalue weighted by Crippen LogP contribution is -2.43. The summed E-state index contributed by atoms with van der Waals surface area (Å²) < 4.78 is 1.87. The summed E-state index contributed by atoms with van der Waals surface area (Å²) in [6.07, 6.45) is 3.55. The van der Waals surface area contributed by atoms with Gasteiger partial charge in [0.25, 0.3) is 0 Å². The molecule has 2 rings (SSSR count). The summed E-state index contributed by atoms with van der Waals surface area (Å²) in [5, 5.41) is 13.3. The number of aromatic nitrogens is 2. The van der Waals surface area contributed by atoms with Crippen molar-refractivity contribution < 1.29 is 14.7 Å². The van der Waals surface area contributed by atoms with Crippen LogP contribution in [0.2, 0.25) is 0 Å².